The minimum atomic E-state index is -2.17. The molecule has 0 saturated carbocycles. The summed E-state index contributed by atoms with van der Waals surface area (Å²) < 4.78 is 0. The van der Waals surface area contributed by atoms with Crippen LogP contribution in [0, 0.1) is 0 Å². The fourth-order valence-corrected chi connectivity index (χ4v) is 2.99. The van der Waals surface area contributed by atoms with Crippen LogP contribution in [-0.2, 0) is 9.59 Å². The van der Waals surface area contributed by atoms with Gasteiger partial charge in [0, 0.05) is 5.57 Å². The average molecular weight is 346 g/mol. The first-order valence-corrected chi connectivity index (χ1v) is 7.90. The Hall–Kier alpha value is -3.06. The Morgan fingerprint density at radius 1 is 0.692 bits per heavy atom. The lowest BCUT2D eigenvalue weighted by Gasteiger charge is -2.12. The molecule has 0 spiro atoms. The van der Waals surface area contributed by atoms with Gasteiger partial charge in [-0.1, -0.05) is 54.6 Å². The molecule has 0 bridgehead atoms. The van der Waals surface area contributed by atoms with E-state index in [0.717, 1.165) is 27.1 Å². The lowest BCUT2D eigenvalue weighted by molar-refractivity contribution is -0.113. The number of hydrogen-bond acceptors (Lipinski definition) is 5. The molecule has 3 N–H and O–H groups in total. The lowest BCUT2D eigenvalue weighted by Crippen LogP contribution is -2.07. The van der Waals surface area contributed by atoms with E-state index >= 15 is 0 Å². The number of benzene rings is 3. The predicted molar refractivity (Wildman–Crippen MR) is 101 cm³/mol. The molecule has 0 radical (unpaired) electrons. The first kappa shape index (κ1) is 17.8. The van der Waals surface area contributed by atoms with Gasteiger partial charge < -0.3 is 15.1 Å². The van der Waals surface area contributed by atoms with E-state index in [1.54, 1.807) is 0 Å². The van der Waals surface area contributed by atoms with Crippen molar-refractivity contribution in [2.75, 3.05) is 0 Å². The highest BCUT2D eigenvalue weighted by Crippen LogP contribution is 2.32. The van der Waals surface area contributed by atoms with E-state index in [2.05, 4.69) is 12.1 Å². The topological polar surface area (TPSA) is 94.8 Å². The normalized spacial score (nSPS) is 13.4. The molecule has 0 aliphatic heterocycles. The molecule has 4 rings (SSSR count). The fraction of sp³-hybridized carbons (Fsp3) is 0. The van der Waals surface area contributed by atoms with Crippen LogP contribution in [-0.4, -0.2) is 34.0 Å². The minimum Gasteiger partial charge on any atom is -0.402 e. The summed E-state index contributed by atoms with van der Waals surface area (Å²) in [4.78, 5) is 23.8. The van der Waals surface area contributed by atoms with Crippen LogP contribution >= 0.6 is 0 Å². The van der Waals surface area contributed by atoms with Crippen molar-refractivity contribution in [3.8, 4) is 0 Å². The molecule has 0 unspecified atom stereocenters. The Morgan fingerprint density at radius 3 is 2.15 bits per heavy atom. The summed E-state index contributed by atoms with van der Waals surface area (Å²) >= 11 is 0. The number of rotatable bonds is 1. The maximum absolute atomic E-state index is 12.1. The van der Waals surface area contributed by atoms with Gasteiger partial charge in [0.1, 0.15) is 0 Å². The standard InChI is InChI=1S/C20H12O2.BH3O3/c21-14-9-11-20(22)19(12-14)17-7-3-6-16-15-5-2-1-4-13(15)8-10-18(16)17;2-1(3)4/h1-12H;2-4H. The van der Waals surface area contributed by atoms with E-state index < -0.39 is 7.32 Å². The van der Waals surface area contributed by atoms with Crippen molar-refractivity contribution < 1.29 is 24.7 Å². The molecular weight excluding hydrogens is 331 g/mol. The summed E-state index contributed by atoms with van der Waals surface area (Å²) in [7, 11) is -2.17. The van der Waals surface area contributed by atoms with Gasteiger partial charge in [-0.3, -0.25) is 9.59 Å². The highest BCUT2D eigenvalue weighted by atomic mass is 16.5. The summed E-state index contributed by atoms with van der Waals surface area (Å²) in [6.07, 6.45) is 4.08. The van der Waals surface area contributed by atoms with Gasteiger partial charge in [-0.2, -0.15) is 0 Å². The summed E-state index contributed by atoms with van der Waals surface area (Å²) in [5.74, 6) is -0.271. The average Bonchev–Trinajstić information content (AvgIpc) is 2.62. The fourth-order valence-electron chi connectivity index (χ4n) is 2.99. The first-order valence-electron chi connectivity index (χ1n) is 7.90. The Morgan fingerprint density at radius 2 is 1.38 bits per heavy atom. The van der Waals surface area contributed by atoms with Crippen LogP contribution in [0.1, 0.15) is 5.56 Å². The summed E-state index contributed by atoms with van der Waals surface area (Å²) in [5.41, 5.74) is 1.28. The maximum atomic E-state index is 12.1. The molecule has 0 fully saturated rings. The third-order valence-electron chi connectivity index (χ3n) is 4.03. The molecule has 0 heterocycles. The SMILES string of the molecule is O=C1C=CC(=O)C(c2cccc3c2ccc2ccccc23)=C1.OB(O)O. The van der Waals surface area contributed by atoms with Gasteiger partial charge in [0.05, 0.1) is 0 Å². The lowest BCUT2D eigenvalue weighted by atomic mass is 9.90. The number of hydrogen-bond donors (Lipinski definition) is 3. The van der Waals surface area contributed by atoms with E-state index in [4.69, 9.17) is 15.1 Å². The second-order valence-electron chi connectivity index (χ2n) is 5.69. The van der Waals surface area contributed by atoms with Crippen LogP contribution < -0.4 is 0 Å². The third-order valence-corrected chi connectivity index (χ3v) is 4.03. The van der Waals surface area contributed by atoms with Crippen LogP contribution in [0.25, 0.3) is 27.1 Å². The molecule has 1 aliphatic carbocycles. The zero-order chi connectivity index (χ0) is 18.7. The second kappa shape index (κ2) is 7.45. The van der Waals surface area contributed by atoms with Crippen LogP contribution in [0.3, 0.4) is 0 Å². The van der Waals surface area contributed by atoms with Gasteiger partial charge in [0.15, 0.2) is 11.6 Å². The Kier molecular flexibility index (Phi) is 5.09. The van der Waals surface area contributed by atoms with Gasteiger partial charge >= 0.3 is 7.32 Å². The quantitative estimate of drug-likeness (QED) is 0.356. The molecule has 0 atom stereocenters. The second-order valence-corrected chi connectivity index (χ2v) is 5.69. The highest BCUT2D eigenvalue weighted by molar-refractivity contribution is 6.35. The molecule has 128 valence electrons. The molecule has 26 heavy (non-hydrogen) atoms. The van der Waals surface area contributed by atoms with E-state index in [1.165, 1.54) is 18.2 Å². The number of ketones is 2. The van der Waals surface area contributed by atoms with E-state index in [9.17, 15) is 9.59 Å². The molecule has 6 heteroatoms. The van der Waals surface area contributed by atoms with E-state index in [0.29, 0.717) is 5.57 Å². The number of allylic oxidation sites excluding steroid dienone is 4. The van der Waals surface area contributed by atoms with E-state index in [1.807, 2.05) is 42.5 Å². The van der Waals surface area contributed by atoms with Crippen LogP contribution in [0.5, 0.6) is 0 Å². The summed E-state index contributed by atoms with van der Waals surface area (Å²) in [6.45, 7) is 0. The van der Waals surface area contributed by atoms with Gasteiger partial charge in [-0.25, -0.2) is 0 Å². The smallest absolute Gasteiger partial charge is 0.402 e. The Bertz CT molecular complexity index is 1060. The zero-order valence-electron chi connectivity index (χ0n) is 13.7. The van der Waals surface area contributed by atoms with Crippen molar-refractivity contribution in [3.05, 3.63) is 78.4 Å². The number of carbonyl (C=O) groups excluding carboxylic acids is 2. The van der Waals surface area contributed by atoms with Crippen LogP contribution in [0.15, 0.2) is 72.8 Å². The van der Waals surface area contributed by atoms with Gasteiger partial charge in [-0.15, -0.1) is 0 Å². The molecule has 3 aromatic carbocycles. The largest absolute Gasteiger partial charge is 0.631 e. The summed E-state index contributed by atoms with van der Waals surface area (Å²) in [6, 6.07) is 18.1. The Labute approximate surface area is 149 Å². The molecule has 5 nitrogen and oxygen atoms in total. The van der Waals surface area contributed by atoms with Crippen molar-refractivity contribution >= 4 is 46.0 Å². The van der Waals surface area contributed by atoms with Gasteiger partial charge in [-0.05, 0) is 45.3 Å². The number of carbonyl (C=O) groups is 2. The van der Waals surface area contributed by atoms with Crippen molar-refractivity contribution in [2.24, 2.45) is 0 Å². The predicted octanol–water partition coefficient (Wildman–Crippen LogP) is 2.03. The summed E-state index contributed by atoms with van der Waals surface area (Å²) in [5, 5.41) is 25.9. The number of fused-ring (bicyclic) bond motifs is 3. The van der Waals surface area contributed by atoms with Crippen LogP contribution in [0.2, 0.25) is 0 Å². The molecule has 1 aliphatic rings. The third kappa shape index (κ3) is 3.62. The van der Waals surface area contributed by atoms with Crippen molar-refractivity contribution in [1.29, 1.82) is 0 Å². The van der Waals surface area contributed by atoms with Gasteiger partial charge in [0.25, 0.3) is 0 Å². The molecule has 0 saturated heterocycles. The van der Waals surface area contributed by atoms with Crippen LogP contribution in [0.4, 0.5) is 0 Å². The monoisotopic (exact) mass is 346 g/mol. The van der Waals surface area contributed by atoms with Crippen molar-refractivity contribution in [3.63, 3.8) is 0 Å². The zero-order valence-corrected chi connectivity index (χ0v) is 13.7. The first-order chi connectivity index (χ1) is 12.5. The van der Waals surface area contributed by atoms with Crippen molar-refractivity contribution in [2.45, 2.75) is 0 Å². The van der Waals surface area contributed by atoms with Gasteiger partial charge in [0.2, 0.25) is 0 Å². The molecule has 3 aromatic rings. The molecule has 0 amide bonds. The van der Waals surface area contributed by atoms with E-state index in [-0.39, 0.29) is 11.6 Å². The maximum Gasteiger partial charge on any atom is 0.631 e. The Balaban J connectivity index is 0.000000447. The van der Waals surface area contributed by atoms with Crippen molar-refractivity contribution in [1.82, 2.24) is 0 Å². The minimum absolute atomic E-state index is 0.125. The molecular formula is C20H15BO5. The molecule has 0 aromatic heterocycles. The highest BCUT2D eigenvalue weighted by Gasteiger charge is 2.17.